The van der Waals surface area contributed by atoms with Gasteiger partial charge in [0.15, 0.2) is 0 Å². The Hall–Kier alpha value is -3.33. The number of thiophene rings is 1. The Morgan fingerprint density at radius 2 is 2.12 bits per heavy atom. The molecule has 0 unspecified atom stereocenters. The summed E-state index contributed by atoms with van der Waals surface area (Å²) in [6.07, 6.45) is 3.04. The lowest BCUT2D eigenvalue weighted by Gasteiger charge is -2.04. The molecule has 0 aliphatic heterocycles. The first-order chi connectivity index (χ1) is 12.3. The van der Waals surface area contributed by atoms with Crippen LogP contribution >= 0.6 is 11.3 Å². The summed E-state index contributed by atoms with van der Waals surface area (Å²) in [4.78, 5) is 17.6. The number of nitrogens with zero attached hydrogens (tertiary/aromatic N) is 5. The maximum atomic E-state index is 12.2. The normalized spacial score (nSPS) is 10.7. The summed E-state index contributed by atoms with van der Waals surface area (Å²) in [5, 5.41) is 15.7. The minimum absolute atomic E-state index is 0.191. The molecule has 0 aliphatic carbocycles. The highest BCUT2D eigenvalue weighted by Gasteiger charge is 2.10. The highest BCUT2D eigenvalue weighted by atomic mass is 32.1. The van der Waals surface area contributed by atoms with Gasteiger partial charge in [0.25, 0.3) is 5.91 Å². The van der Waals surface area contributed by atoms with Crippen LogP contribution in [0.3, 0.4) is 0 Å². The van der Waals surface area contributed by atoms with Crippen molar-refractivity contribution in [3.63, 3.8) is 0 Å². The van der Waals surface area contributed by atoms with Crippen LogP contribution in [0.5, 0.6) is 0 Å². The lowest BCUT2D eigenvalue weighted by atomic mass is 10.2. The number of oxazole rings is 1. The summed E-state index contributed by atoms with van der Waals surface area (Å²) in [5.41, 5.74) is 1.99. The second kappa shape index (κ2) is 6.65. The molecule has 0 fully saturated rings. The van der Waals surface area contributed by atoms with E-state index in [0.29, 0.717) is 23.7 Å². The molecule has 124 valence electrons. The molecule has 0 atom stereocenters. The summed E-state index contributed by atoms with van der Waals surface area (Å²) in [6.45, 7) is 0.294. The molecule has 3 aromatic heterocycles. The predicted octanol–water partition coefficient (Wildman–Crippen LogP) is 2.31. The van der Waals surface area contributed by atoms with Gasteiger partial charge < -0.3 is 9.73 Å². The quantitative estimate of drug-likeness (QED) is 0.592. The van der Waals surface area contributed by atoms with Crippen molar-refractivity contribution in [3.8, 4) is 16.5 Å². The number of carbonyl (C=O) groups is 1. The largest absolute Gasteiger partial charge is 0.443 e. The van der Waals surface area contributed by atoms with Gasteiger partial charge in [-0.15, -0.1) is 16.4 Å². The van der Waals surface area contributed by atoms with Gasteiger partial charge in [0.05, 0.1) is 22.8 Å². The molecule has 8 nitrogen and oxygen atoms in total. The number of hydrogen-bond acceptors (Lipinski definition) is 7. The van der Waals surface area contributed by atoms with E-state index in [0.717, 1.165) is 10.6 Å². The van der Waals surface area contributed by atoms with Crippen molar-refractivity contribution in [2.45, 2.75) is 6.54 Å². The van der Waals surface area contributed by atoms with Gasteiger partial charge in [-0.1, -0.05) is 6.07 Å². The molecule has 4 aromatic rings. The Bertz CT molecular complexity index is 961. The van der Waals surface area contributed by atoms with Crippen molar-refractivity contribution in [1.29, 1.82) is 0 Å². The average Bonchev–Trinajstić information content (AvgIpc) is 3.42. The van der Waals surface area contributed by atoms with E-state index in [2.05, 4.69) is 25.8 Å². The highest BCUT2D eigenvalue weighted by molar-refractivity contribution is 7.13. The number of rotatable bonds is 5. The standard InChI is InChI=1S/C16H12N6O2S/c23-15(11-3-5-13(6-4-11)22-10-18-20-21-22)17-8-12-9-24-16(19-12)14-2-1-7-25-14/h1-7,9-10H,8H2,(H,17,23). The Balaban J connectivity index is 1.39. The lowest BCUT2D eigenvalue weighted by molar-refractivity contribution is 0.0950. The first kappa shape index (κ1) is 15.2. The summed E-state index contributed by atoms with van der Waals surface area (Å²) >= 11 is 1.55. The maximum Gasteiger partial charge on any atom is 0.251 e. The van der Waals surface area contributed by atoms with Crippen molar-refractivity contribution < 1.29 is 9.21 Å². The summed E-state index contributed by atoms with van der Waals surface area (Å²) in [7, 11) is 0. The van der Waals surface area contributed by atoms with Gasteiger partial charge in [-0.05, 0) is 46.1 Å². The first-order valence-electron chi connectivity index (χ1n) is 7.39. The average molecular weight is 352 g/mol. The fraction of sp³-hybridized carbons (Fsp3) is 0.0625. The predicted molar refractivity (Wildman–Crippen MR) is 90.1 cm³/mol. The van der Waals surface area contributed by atoms with Crippen molar-refractivity contribution in [2.24, 2.45) is 0 Å². The zero-order valence-corrected chi connectivity index (χ0v) is 13.7. The molecule has 1 N–H and O–H groups in total. The van der Waals surface area contributed by atoms with Crippen LogP contribution < -0.4 is 5.32 Å². The Morgan fingerprint density at radius 1 is 1.24 bits per heavy atom. The lowest BCUT2D eigenvalue weighted by Crippen LogP contribution is -2.22. The van der Waals surface area contributed by atoms with Gasteiger partial charge in [-0.3, -0.25) is 4.79 Å². The van der Waals surface area contributed by atoms with E-state index in [9.17, 15) is 4.79 Å². The topological polar surface area (TPSA) is 98.7 Å². The number of amides is 1. The van der Waals surface area contributed by atoms with E-state index in [1.165, 1.54) is 11.0 Å². The molecule has 0 saturated carbocycles. The minimum atomic E-state index is -0.191. The van der Waals surface area contributed by atoms with E-state index in [-0.39, 0.29) is 5.91 Å². The molecule has 0 aliphatic rings. The van der Waals surface area contributed by atoms with Crippen LogP contribution in [0.1, 0.15) is 16.1 Å². The second-order valence-electron chi connectivity index (χ2n) is 5.11. The number of hydrogen-bond donors (Lipinski definition) is 1. The van der Waals surface area contributed by atoms with Gasteiger partial charge in [0, 0.05) is 5.56 Å². The van der Waals surface area contributed by atoms with Crippen molar-refractivity contribution in [2.75, 3.05) is 0 Å². The number of nitrogens with one attached hydrogen (secondary N) is 1. The van der Waals surface area contributed by atoms with Gasteiger partial charge in [-0.2, -0.15) is 0 Å². The van der Waals surface area contributed by atoms with E-state index in [1.54, 1.807) is 41.9 Å². The monoisotopic (exact) mass is 352 g/mol. The van der Waals surface area contributed by atoms with E-state index < -0.39 is 0 Å². The fourth-order valence-corrected chi connectivity index (χ4v) is 2.88. The number of aromatic nitrogens is 5. The van der Waals surface area contributed by atoms with Crippen molar-refractivity contribution in [1.82, 2.24) is 30.5 Å². The molecule has 0 radical (unpaired) electrons. The second-order valence-corrected chi connectivity index (χ2v) is 6.05. The molecule has 4 rings (SSSR count). The van der Waals surface area contributed by atoms with Crippen LogP contribution in [0.15, 0.2) is 58.8 Å². The third kappa shape index (κ3) is 3.31. The molecule has 0 spiro atoms. The van der Waals surface area contributed by atoms with Gasteiger partial charge in [-0.25, -0.2) is 9.67 Å². The summed E-state index contributed by atoms with van der Waals surface area (Å²) in [5.74, 6) is 0.369. The van der Waals surface area contributed by atoms with Gasteiger partial charge in [0.2, 0.25) is 5.89 Å². The molecular formula is C16H12N6O2S. The molecule has 3 heterocycles. The Labute approximate surface area is 146 Å². The van der Waals surface area contributed by atoms with Crippen LogP contribution in [0.4, 0.5) is 0 Å². The number of tetrazole rings is 1. The molecule has 25 heavy (non-hydrogen) atoms. The van der Waals surface area contributed by atoms with Crippen LogP contribution in [0.25, 0.3) is 16.5 Å². The maximum absolute atomic E-state index is 12.2. The van der Waals surface area contributed by atoms with Gasteiger partial charge >= 0.3 is 0 Å². The van der Waals surface area contributed by atoms with Crippen molar-refractivity contribution >= 4 is 17.2 Å². The smallest absolute Gasteiger partial charge is 0.251 e. The van der Waals surface area contributed by atoms with Crippen LogP contribution in [-0.2, 0) is 6.54 Å². The molecule has 1 aromatic carbocycles. The third-order valence-electron chi connectivity index (χ3n) is 3.46. The fourth-order valence-electron chi connectivity index (χ4n) is 2.22. The van der Waals surface area contributed by atoms with E-state index >= 15 is 0 Å². The first-order valence-corrected chi connectivity index (χ1v) is 8.27. The molecule has 9 heteroatoms. The number of benzene rings is 1. The van der Waals surface area contributed by atoms with Crippen LogP contribution in [-0.4, -0.2) is 31.1 Å². The molecule has 0 saturated heterocycles. The Kier molecular flexibility index (Phi) is 4.05. The zero-order chi connectivity index (χ0) is 17.1. The molecule has 1 amide bonds. The van der Waals surface area contributed by atoms with Crippen molar-refractivity contribution in [3.05, 3.63) is 65.6 Å². The number of carbonyl (C=O) groups excluding carboxylic acids is 1. The summed E-state index contributed by atoms with van der Waals surface area (Å²) in [6, 6.07) is 10.8. The van der Waals surface area contributed by atoms with Gasteiger partial charge in [0.1, 0.15) is 12.6 Å². The molecular weight excluding hydrogens is 340 g/mol. The van der Waals surface area contributed by atoms with E-state index in [4.69, 9.17) is 4.42 Å². The summed E-state index contributed by atoms with van der Waals surface area (Å²) < 4.78 is 6.95. The Morgan fingerprint density at radius 3 is 2.84 bits per heavy atom. The van der Waals surface area contributed by atoms with Crippen LogP contribution in [0, 0.1) is 0 Å². The van der Waals surface area contributed by atoms with E-state index in [1.807, 2.05) is 17.5 Å². The third-order valence-corrected chi connectivity index (χ3v) is 4.31. The van der Waals surface area contributed by atoms with Crippen LogP contribution in [0.2, 0.25) is 0 Å². The highest BCUT2D eigenvalue weighted by Crippen LogP contribution is 2.23. The molecule has 0 bridgehead atoms. The minimum Gasteiger partial charge on any atom is -0.443 e. The zero-order valence-electron chi connectivity index (χ0n) is 12.9. The SMILES string of the molecule is O=C(NCc1coc(-c2cccs2)n1)c1ccc(-n2cnnn2)cc1.